The molecule has 2 aromatic rings. The SMILES string of the molecule is Cl.O=C(Cc1ccc2c(c1)CCN2)NOCc1ccccc1. The number of carbonyl (C=O) groups excluding carboxylic acids is 1. The lowest BCUT2D eigenvalue weighted by molar-refractivity contribution is -0.133. The molecule has 0 bridgehead atoms. The zero-order chi connectivity index (χ0) is 14.5. The summed E-state index contributed by atoms with van der Waals surface area (Å²) in [6, 6.07) is 15.9. The smallest absolute Gasteiger partial charge is 0.247 e. The lowest BCUT2D eigenvalue weighted by Crippen LogP contribution is -2.25. The van der Waals surface area contributed by atoms with Crippen LogP contribution in [0.5, 0.6) is 0 Å². The second-order valence-electron chi connectivity index (χ2n) is 5.14. The molecule has 1 aliphatic rings. The van der Waals surface area contributed by atoms with E-state index < -0.39 is 0 Å². The number of halogens is 1. The van der Waals surface area contributed by atoms with Crippen LogP contribution in [0.3, 0.4) is 0 Å². The van der Waals surface area contributed by atoms with Crippen LogP contribution in [0.2, 0.25) is 0 Å². The fraction of sp³-hybridized carbons (Fsp3) is 0.235. The Kier molecular flexibility index (Phi) is 5.81. The summed E-state index contributed by atoms with van der Waals surface area (Å²) in [6.45, 7) is 1.35. The Labute approximate surface area is 136 Å². The van der Waals surface area contributed by atoms with Crippen LogP contribution in [0, 0.1) is 0 Å². The highest BCUT2D eigenvalue weighted by Crippen LogP contribution is 2.23. The third-order valence-electron chi connectivity index (χ3n) is 3.51. The zero-order valence-corrected chi connectivity index (χ0v) is 13.0. The van der Waals surface area contributed by atoms with Gasteiger partial charge < -0.3 is 5.32 Å². The van der Waals surface area contributed by atoms with Crippen molar-refractivity contribution < 1.29 is 9.63 Å². The van der Waals surface area contributed by atoms with E-state index in [4.69, 9.17) is 4.84 Å². The number of hydroxylamine groups is 1. The first-order valence-corrected chi connectivity index (χ1v) is 7.11. The van der Waals surface area contributed by atoms with Gasteiger partial charge in [-0.15, -0.1) is 12.4 Å². The molecule has 3 rings (SSSR count). The van der Waals surface area contributed by atoms with Crippen LogP contribution < -0.4 is 10.8 Å². The minimum Gasteiger partial charge on any atom is -0.384 e. The van der Waals surface area contributed by atoms with Crippen LogP contribution in [0.15, 0.2) is 48.5 Å². The van der Waals surface area contributed by atoms with Crippen molar-refractivity contribution in [3.63, 3.8) is 0 Å². The first-order chi connectivity index (χ1) is 10.3. The summed E-state index contributed by atoms with van der Waals surface area (Å²) >= 11 is 0. The van der Waals surface area contributed by atoms with Crippen LogP contribution in [0.1, 0.15) is 16.7 Å². The van der Waals surface area contributed by atoms with Crippen LogP contribution in [-0.4, -0.2) is 12.5 Å². The van der Waals surface area contributed by atoms with Gasteiger partial charge >= 0.3 is 0 Å². The molecule has 2 N–H and O–H groups in total. The summed E-state index contributed by atoms with van der Waals surface area (Å²) in [5, 5.41) is 3.31. The molecule has 0 aliphatic carbocycles. The first kappa shape index (κ1) is 16.3. The van der Waals surface area contributed by atoms with Crippen LogP contribution in [-0.2, 0) is 29.1 Å². The molecule has 0 saturated heterocycles. The molecular weight excluding hydrogens is 300 g/mol. The molecule has 0 saturated carbocycles. The largest absolute Gasteiger partial charge is 0.384 e. The maximum atomic E-state index is 11.9. The van der Waals surface area contributed by atoms with Crippen LogP contribution in [0.4, 0.5) is 5.69 Å². The predicted molar refractivity (Wildman–Crippen MR) is 89.0 cm³/mol. The minimum atomic E-state index is -0.128. The molecule has 0 radical (unpaired) electrons. The summed E-state index contributed by atoms with van der Waals surface area (Å²) in [5.41, 5.74) is 7.00. The van der Waals surface area contributed by atoms with Crippen molar-refractivity contribution in [1.29, 1.82) is 0 Å². The summed E-state index contributed by atoms with van der Waals surface area (Å²) in [5.74, 6) is -0.128. The third-order valence-corrected chi connectivity index (χ3v) is 3.51. The number of nitrogens with one attached hydrogen (secondary N) is 2. The van der Waals surface area contributed by atoms with E-state index in [1.165, 1.54) is 11.3 Å². The van der Waals surface area contributed by atoms with E-state index in [0.29, 0.717) is 13.0 Å². The Morgan fingerprint density at radius 2 is 1.95 bits per heavy atom. The van der Waals surface area contributed by atoms with Crippen molar-refractivity contribution in [3.05, 3.63) is 65.2 Å². The van der Waals surface area contributed by atoms with Crippen molar-refractivity contribution in [2.45, 2.75) is 19.4 Å². The number of benzene rings is 2. The van der Waals surface area contributed by atoms with Gasteiger partial charge in [0.15, 0.2) is 0 Å². The predicted octanol–water partition coefficient (Wildman–Crippen LogP) is 2.87. The molecule has 116 valence electrons. The normalized spacial score (nSPS) is 12.0. The standard InChI is InChI=1S/C17H18N2O2.ClH/c20-17(19-21-12-13-4-2-1-3-5-13)11-14-6-7-16-15(10-14)8-9-18-16;/h1-7,10,18H,8-9,11-12H2,(H,19,20);1H. The van der Waals surface area contributed by atoms with Gasteiger partial charge in [0, 0.05) is 12.2 Å². The average Bonchev–Trinajstić information content (AvgIpc) is 2.96. The van der Waals surface area contributed by atoms with Crippen molar-refractivity contribution in [2.75, 3.05) is 11.9 Å². The highest BCUT2D eigenvalue weighted by atomic mass is 35.5. The summed E-state index contributed by atoms with van der Waals surface area (Å²) in [6.07, 6.45) is 1.36. The van der Waals surface area contributed by atoms with E-state index in [-0.39, 0.29) is 18.3 Å². The second kappa shape index (κ2) is 7.82. The van der Waals surface area contributed by atoms with Crippen molar-refractivity contribution in [3.8, 4) is 0 Å². The van der Waals surface area contributed by atoms with Gasteiger partial charge in [0.1, 0.15) is 0 Å². The number of amides is 1. The highest BCUT2D eigenvalue weighted by molar-refractivity contribution is 5.85. The number of hydrogen-bond acceptors (Lipinski definition) is 3. The van der Waals surface area contributed by atoms with E-state index in [9.17, 15) is 4.79 Å². The second-order valence-corrected chi connectivity index (χ2v) is 5.14. The Balaban J connectivity index is 0.00000176. The Morgan fingerprint density at radius 3 is 2.77 bits per heavy atom. The number of rotatable bonds is 5. The summed E-state index contributed by atoms with van der Waals surface area (Å²) in [7, 11) is 0. The maximum absolute atomic E-state index is 11.9. The molecule has 1 heterocycles. The molecule has 1 amide bonds. The monoisotopic (exact) mass is 318 g/mol. The lowest BCUT2D eigenvalue weighted by atomic mass is 10.1. The Morgan fingerprint density at radius 1 is 1.14 bits per heavy atom. The topological polar surface area (TPSA) is 50.4 Å². The molecule has 0 atom stereocenters. The lowest BCUT2D eigenvalue weighted by Gasteiger charge is -2.07. The Bertz CT molecular complexity index is 632. The summed E-state index contributed by atoms with van der Waals surface area (Å²) < 4.78 is 0. The van der Waals surface area contributed by atoms with Gasteiger partial charge in [0.25, 0.3) is 0 Å². The fourth-order valence-corrected chi connectivity index (χ4v) is 2.46. The van der Waals surface area contributed by atoms with Gasteiger partial charge in [-0.05, 0) is 29.2 Å². The molecular formula is C17H19ClN2O2. The third kappa shape index (κ3) is 4.23. The highest BCUT2D eigenvalue weighted by Gasteiger charge is 2.11. The van der Waals surface area contributed by atoms with Crippen molar-refractivity contribution >= 4 is 24.0 Å². The van der Waals surface area contributed by atoms with Crippen molar-refractivity contribution in [2.24, 2.45) is 0 Å². The van der Waals surface area contributed by atoms with E-state index in [0.717, 1.165) is 24.1 Å². The molecule has 0 fully saturated rings. The van der Waals surface area contributed by atoms with Gasteiger partial charge in [-0.1, -0.05) is 42.5 Å². The van der Waals surface area contributed by atoms with E-state index in [1.54, 1.807) is 0 Å². The van der Waals surface area contributed by atoms with Gasteiger partial charge in [-0.25, -0.2) is 5.48 Å². The number of anilines is 1. The van der Waals surface area contributed by atoms with Crippen LogP contribution >= 0.6 is 12.4 Å². The zero-order valence-electron chi connectivity index (χ0n) is 12.2. The van der Waals surface area contributed by atoms with E-state index in [1.807, 2.05) is 42.5 Å². The molecule has 5 heteroatoms. The minimum absolute atomic E-state index is 0. The Hall–Kier alpha value is -2.04. The van der Waals surface area contributed by atoms with Gasteiger partial charge in [0.05, 0.1) is 13.0 Å². The van der Waals surface area contributed by atoms with Crippen LogP contribution in [0.25, 0.3) is 0 Å². The van der Waals surface area contributed by atoms with Gasteiger partial charge in [-0.3, -0.25) is 9.63 Å². The van der Waals surface area contributed by atoms with Gasteiger partial charge in [-0.2, -0.15) is 0 Å². The quantitative estimate of drug-likeness (QED) is 0.833. The molecule has 0 spiro atoms. The first-order valence-electron chi connectivity index (χ1n) is 7.11. The van der Waals surface area contributed by atoms with E-state index in [2.05, 4.69) is 16.9 Å². The molecule has 0 unspecified atom stereocenters. The number of carbonyl (C=O) groups is 1. The summed E-state index contributed by atoms with van der Waals surface area (Å²) in [4.78, 5) is 17.1. The molecule has 0 aromatic heterocycles. The van der Waals surface area contributed by atoms with Gasteiger partial charge in [0.2, 0.25) is 5.91 Å². The van der Waals surface area contributed by atoms with E-state index >= 15 is 0 Å². The number of fused-ring (bicyclic) bond motifs is 1. The molecule has 2 aromatic carbocycles. The molecule has 22 heavy (non-hydrogen) atoms. The fourth-order valence-electron chi connectivity index (χ4n) is 2.46. The molecule has 4 nitrogen and oxygen atoms in total. The maximum Gasteiger partial charge on any atom is 0.247 e. The average molecular weight is 319 g/mol. The van der Waals surface area contributed by atoms with Crippen molar-refractivity contribution in [1.82, 2.24) is 5.48 Å². The molecule has 1 aliphatic heterocycles. The number of hydrogen-bond donors (Lipinski definition) is 2.